The normalized spacial score (nSPS) is 19.6. The van der Waals surface area contributed by atoms with E-state index in [1.165, 1.54) is 42.4 Å². The predicted molar refractivity (Wildman–Crippen MR) is 79.9 cm³/mol. The van der Waals surface area contributed by atoms with Gasteiger partial charge in [0, 0.05) is 18.0 Å². The Morgan fingerprint density at radius 1 is 1.10 bits per heavy atom. The second kappa shape index (κ2) is 4.34. The first-order valence-corrected chi connectivity index (χ1v) is 7.47. The van der Waals surface area contributed by atoms with E-state index in [0.717, 1.165) is 5.75 Å². The van der Waals surface area contributed by atoms with Gasteiger partial charge in [0.05, 0.1) is 6.10 Å². The average molecular weight is 265 g/mol. The zero-order chi connectivity index (χ0) is 13.6. The number of aromatic nitrogens is 1. The number of ether oxygens (including phenoxy) is 1. The Bertz CT molecular complexity index is 641. The monoisotopic (exact) mass is 265 g/mol. The molecule has 2 nitrogen and oxygen atoms in total. The molecule has 4 rings (SSSR count). The van der Waals surface area contributed by atoms with E-state index >= 15 is 0 Å². The van der Waals surface area contributed by atoms with Crippen molar-refractivity contribution in [2.45, 2.75) is 44.1 Å². The van der Waals surface area contributed by atoms with Crippen molar-refractivity contribution in [3.05, 3.63) is 48.3 Å². The van der Waals surface area contributed by atoms with Gasteiger partial charge in [-0.05, 0) is 54.4 Å². The summed E-state index contributed by atoms with van der Waals surface area (Å²) in [5.74, 6) is 1.02. The molecule has 2 aromatic rings. The summed E-state index contributed by atoms with van der Waals surface area (Å²) >= 11 is 0. The molecule has 2 aliphatic rings. The third-order valence-electron chi connectivity index (χ3n) is 4.47. The first-order chi connectivity index (χ1) is 9.76. The number of rotatable bonds is 4. The average Bonchev–Trinajstić information content (AvgIpc) is 3.39. The van der Waals surface area contributed by atoms with Crippen LogP contribution in [-0.2, 0) is 5.41 Å². The second-order valence-electron chi connectivity index (χ2n) is 6.30. The highest BCUT2D eigenvalue weighted by Gasteiger charge is 2.41. The van der Waals surface area contributed by atoms with Crippen LogP contribution in [-0.4, -0.2) is 11.1 Å². The van der Waals surface area contributed by atoms with Gasteiger partial charge in [-0.3, -0.25) is 4.98 Å². The van der Waals surface area contributed by atoms with Gasteiger partial charge in [0.15, 0.2) is 0 Å². The third-order valence-corrected chi connectivity index (χ3v) is 4.47. The van der Waals surface area contributed by atoms with E-state index < -0.39 is 0 Å². The van der Waals surface area contributed by atoms with Gasteiger partial charge in [-0.1, -0.05) is 25.1 Å². The second-order valence-corrected chi connectivity index (χ2v) is 6.30. The summed E-state index contributed by atoms with van der Waals surface area (Å²) in [4.78, 5) is 4.34. The van der Waals surface area contributed by atoms with Gasteiger partial charge < -0.3 is 4.74 Å². The fourth-order valence-electron chi connectivity index (χ4n) is 2.72. The van der Waals surface area contributed by atoms with Crippen LogP contribution in [0.5, 0.6) is 5.75 Å². The molecule has 2 fully saturated rings. The van der Waals surface area contributed by atoms with Gasteiger partial charge in [0.2, 0.25) is 0 Å². The van der Waals surface area contributed by atoms with E-state index in [0.29, 0.717) is 11.5 Å². The molecule has 102 valence electrons. The molecular weight excluding hydrogens is 246 g/mol. The summed E-state index contributed by atoms with van der Waals surface area (Å²) in [6.07, 6.45) is 9.26. The number of pyridine rings is 1. The molecule has 0 atom stereocenters. The molecule has 2 heteroatoms. The molecule has 0 unspecified atom stereocenters. The van der Waals surface area contributed by atoms with E-state index in [4.69, 9.17) is 4.74 Å². The molecule has 0 N–H and O–H groups in total. The van der Waals surface area contributed by atoms with Gasteiger partial charge in [-0.15, -0.1) is 0 Å². The topological polar surface area (TPSA) is 22.1 Å². The lowest BCUT2D eigenvalue weighted by Crippen LogP contribution is -2.04. The van der Waals surface area contributed by atoms with Crippen LogP contribution in [0, 0.1) is 0 Å². The lowest BCUT2D eigenvalue weighted by atomic mass is 9.91. The van der Waals surface area contributed by atoms with E-state index in [1.54, 1.807) is 0 Å². The summed E-state index contributed by atoms with van der Waals surface area (Å²) in [5.41, 5.74) is 4.18. The lowest BCUT2D eigenvalue weighted by molar-refractivity contribution is 0.304. The van der Waals surface area contributed by atoms with Crippen molar-refractivity contribution in [2.75, 3.05) is 0 Å². The van der Waals surface area contributed by atoms with Gasteiger partial charge in [0.25, 0.3) is 0 Å². The van der Waals surface area contributed by atoms with Crippen LogP contribution in [0.25, 0.3) is 11.1 Å². The molecule has 1 aromatic carbocycles. The highest BCUT2D eigenvalue weighted by atomic mass is 16.5. The van der Waals surface area contributed by atoms with Crippen LogP contribution < -0.4 is 4.74 Å². The van der Waals surface area contributed by atoms with Gasteiger partial charge >= 0.3 is 0 Å². The minimum atomic E-state index is 0.316. The molecule has 0 amide bonds. The van der Waals surface area contributed by atoms with Crippen LogP contribution in [0.3, 0.4) is 0 Å². The van der Waals surface area contributed by atoms with Crippen molar-refractivity contribution < 1.29 is 4.74 Å². The van der Waals surface area contributed by atoms with Crippen molar-refractivity contribution in [1.82, 2.24) is 4.98 Å². The maximum absolute atomic E-state index is 6.08. The first kappa shape index (κ1) is 12.0. The molecule has 0 saturated heterocycles. The van der Waals surface area contributed by atoms with E-state index in [-0.39, 0.29) is 0 Å². The zero-order valence-corrected chi connectivity index (χ0v) is 11.8. The molecule has 1 aromatic heterocycles. The van der Waals surface area contributed by atoms with E-state index in [2.05, 4.69) is 42.2 Å². The van der Waals surface area contributed by atoms with Gasteiger partial charge in [-0.2, -0.15) is 0 Å². The number of benzene rings is 1. The Morgan fingerprint density at radius 3 is 2.65 bits per heavy atom. The van der Waals surface area contributed by atoms with E-state index in [9.17, 15) is 0 Å². The maximum Gasteiger partial charge on any atom is 0.127 e. The van der Waals surface area contributed by atoms with Crippen LogP contribution in [0.2, 0.25) is 0 Å². The molecule has 1 heterocycles. The first-order valence-electron chi connectivity index (χ1n) is 7.47. The summed E-state index contributed by atoms with van der Waals surface area (Å²) in [5, 5.41) is 0. The smallest absolute Gasteiger partial charge is 0.127 e. The van der Waals surface area contributed by atoms with Crippen molar-refractivity contribution in [3.63, 3.8) is 0 Å². The molecule has 2 aliphatic carbocycles. The summed E-state index contributed by atoms with van der Waals surface area (Å²) in [6, 6.07) is 10.5. The molecular formula is C18H19NO. The minimum Gasteiger partial charge on any atom is -0.490 e. The Labute approximate surface area is 119 Å². The predicted octanol–water partition coefficient (Wildman–Crippen LogP) is 4.34. The number of hydrogen-bond acceptors (Lipinski definition) is 2. The van der Waals surface area contributed by atoms with Crippen molar-refractivity contribution in [3.8, 4) is 16.9 Å². The standard InChI is InChI=1S/C18H19NO/c1-18(9-10-18)16-12-19-11-8-14(16)15-4-2-3-5-17(15)20-13-6-7-13/h2-5,8,11-13H,6-7,9-10H2,1H3. The summed E-state index contributed by atoms with van der Waals surface area (Å²) < 4.78 is 6.08. The Hall–Kier alpha value is -1.83. The SMILES string of the molecule is CC1(c2cnccc2-c2ccccc2OC2CC2)CC1. The van der Waals surface area contributed by atoms with Crippen LogP contribution >= 0.6 is 0 Å². The lowest BCUT2D eigenvalue weighted by Gasteiger charge is -2.17. The molecule has 20 heavy (non-hydrogen) atoms. The van der Waals surface area contributed by atoms with Gasteiger partial charge in [0.1, 0.15) is 5.75 Å². The summed E-state index contributed by atoms with van der Waals surface area (Å²) in [7, 11) is 0. The molecule has 0 aliphatic heterocycles. The van der Waals surface area contributed by atoms with Crippen LogP contribution in [0.1, 0.15) is 38.2 Å². The molecule has 0 bridgehead atoms. The molecule has 0 radical (unpaired) electrons. The third kappa shape index (κ3) is 2.09. The quantitative estimate of drug-likeness (QED) is 0.820. The largest absolute Gasteiger partial charge is 0.490 e. The Morgan fingerprint density at radius 2 is 1.90 bits per heavy atom. The van der Waals surface area contributed by atoms with Crippen molar-refractivity contribution >= 4 is 0 Å². The highest BCUT2D eigenvalue weighted by Crippen LogP contribution is 2.51. The van der Waals surface area contributed by atoms with E-state index in [1.807, 2.05) is 12.4 Å². The molecule has 0 spiro atoms. The van der Waals surface area contributed by atoms with Crippen LogP contribution in [0.15, 0.2) is 42.7 Å². The fraction of sp³-hybridized carbons (Fsp3) is 0.389. The van der Waals surface area contributed by atoms with Crippen molar-refractivity contribution in [1.29, 1.82) is 0 Å². The number of nitrogens with zero attached hydrogens (tertiary/aromatic N) is 1. The van der Waals surface area contributed by atoms with Crippen molar-refractivity contribution in [2.24, 2.45) is 0 Å². The molecule has 2 saturated carbocycles. The zero-order valence-electron chi connectivity index (χ0n) is 11.8. The number of para-hydroxylation sites is 1. The Balaban J connectivity index is 1.81. The summed E-state index contributed by atoms with van der Waals surface area (Å²) in [6.45, 7) is 2.33. The van der Waals surface area contributed by atoms with Gasteiger partial charge in [-0.25, -0.2) is 0 Å². The maximum atomic E-state index is 6.08. The highest BCUT2D eigenvalue weighted by molar-refractivity contribution is 5.74. The fourth-order valence-corrected chi connectivity index (χ4v) is 2.72. The Kier molecular flexibility index (Phi) is 2.59. The minimum absolute atomic E-state index is 0.316. The number of hydrogen-bond donors (Lipinski definition) is 0. The van der Waals surface area contributed by atoms with Crippen LogP contribution in [0.4, 0.5) is 0 Å².